The second-order valence-corrected chi connectivity index (χ2v) is 5.69. The summed E-state index contributed by atoms with van der Waals surface area (Å²) in [4.78, 5) is 22.8. The molecule has 0 atom stereocenters. The number of carbonyl (C=O) groups is 1. The number of amides is 1. The minimum absolute atomic E-state index is 0.0109. The molecule has 19 heavy (non-hydrogen) atoms. The maximum Gasteiger partial charge on any atom is 0.282 e. The predicted octanol–water partition coefficient (Wildman–Crippen LogP) is 0.999. The molecule has 0 spiro atoms. The average Bonchev–Trinajstić information content (AvgIpc) is 2.40. The molecule has 0 radical (unpaired) electrons. The predicted molar refractivity (Wildman–Crippen MR) is 75.7 cm³/mol. The average molecular weight is 329 g/mol. The molecule has 1 aromatic rings. The fourth-order valence-corrected chi connectivity index (χ4v) is 2.83. The van der Waals surface area contributed by atoms with E-state index < -0.39 is 0 Å². The van der Waals surface area contributed by atoms with Gasteiger partial charge in [0.05, 0.1) is 11.9 Å². The van der Waals surface area contributed by atoms with Crippen LogP contribution < -0.4 is 16.6 Å². The lowest BCUT2D eigenvalue weighted by Crippen LogP contribution is -2.33. The number of aromatic nitrogens is 2. The Morgan fingerprint density at radius 2 is 2.11 bits per heavy atom. The molecule has 2 rings (SSSR count). The molecule has 1 saturated carbocycles. The number of hydrogen-bond donors (Lipinski definition) is 2. The molecule has 1 amide bonds. The molecule has 3 N–H and O–H groups in total. The Labute approximate surface area is 119 Å². The van der Waals surface area contributed by atoms with Gasteiger partial charge in [0.1, 0.15) is 4.47 Å². The number of nitrogens with two attached hydrogens (primary N) is 1. The van der Waals surface area contributed by atoms with E-state index in [9.17, 15) is 9.59 Å². The highest BCUT2D eigenvalue weighted by Gasteiger charge is 2.25. The lowest BCUT2D eigenvalue weighted by molar-refractivity contribution is -0.122. The molecular weight excluding hydrogens is 312 g/mol. The summed E-state index contributed by atoms with van der Waals surface area (Å²) in [6, 6.07) is 0.251. The van der Waals surface area contributed by atoms with Crippen molar-refractivity contribution in [3.63, 3.8) is 0 Å². The van der Waals surface area contributed by atoms with Crippen molar-refractivity contribution in [2.24, 2.45) is 18.7 Å². The Balaban J connectivity index is 2.02. The summed E-state index contributed by atoms with van der Waals surface area (Å²) in [5, 5.41) is 7.29. The van der Waals surface area contributed by atoms with Crippen molar-refractivity contribution < 1.29 is 4.79 Å². The molecule has 1 aromatic heterocycles. The van der Waals surface area contributed by atoms with Crippen LogP contribution in [0.2, 0.25) is 0 Å². The number of rotatable bonds is 3. The van der Waals surface area contributed by atoms with Crippen molar-refractivity contribution in [3.8, 4) is 0 Å². The summed E-state index contributed by atoms with van der Waals surface area (Å²) in [6.45, 7) is 0. The Kier molecular flexibility index (Phi) is 4.24. The molecule has 7 heteroatoms. The van der Waals surface area contributed by atoms with E-state index in [0.29, 0.717) is 10.2 Å². The summed E-state index contributed by atoms with van der Waals surface area (Å²) < 4.78 is 1.77. The molecule has 6 nitrogen and oxygen atoms in total. The van der Waals surface area contributed by atoms with Gasteiger partial charge in [-0.1, -0.05) is 0 Å². The van der Waals surface area contributed by atoms with Crippen LogP contribution in [0.4, 0.5) is 5.69 Å². The first-order valence-corrected chi connectivity index (χ1v) is 7.06. The van der Waals surface area contributed by atoms with Gasteiger partial charge in [-0.05, 0) is 41.6 Å². The first-order chi connectivity index (χ1) is 8.99. The molecule has 0 unspecified atom stereocenters. The third-order valence-electron chi connectivity index (χ3n) is 3.57. The van der Waals surface area contributed by atoms with Crippen molar-refractivity contribution in [1.29, 1.82) is 0 Å². The molecule has 1 aliphatic rings. The molecule has 0 aliphatic heterocycles. The lowest BCUT2D eigenvalue weighted by Gasteiger charge is -2.28. The maximum atomic E-state index is 11.7. The van der Waals surface area contributed by atoms with E-state index in [4.69, 9.17) is 5.73 Å². The van der Waals surface area contributed by atoms with Crippen molar-refractivity contribution in [2.45, 2.75) is 31.7 Å². The number of halogens is 1. The van der Waals surface area contributed by atoms with Crippen molar-refractivity contribution in [1.82, 2.24) is 9.78 Å². The lowest BCUT2D eigenvalue weighted by atomic mass is 9.85. The van der Waals surface area contributed by atoms with Gasteiger partial charge in [0.2, 0.25) is 5.91 Å². The summed E-state index contributed by atoms with van der Waals surface area (Å²) in [6.07, 6.45) is 4.96. The third-order valence-corrected chi connectivity index (χ3v) is 4.33. The van der Waals surface area contributed by atoms with E-state index in [1.165, 1.54) is 4.68 Å². The summed E-state index contributed by atoms with van der Waals surface area (Å²) >= 11 is 3.28. The van der Waals surface area contributed by atoms with Crippen LogP contribution in [0.25, 0.3) is 0 Å². The maximum absolute atomic E-state index is 11.7. The number of primary amides is 1. The van der Waals surface area contributed by atoms with E-state index >= 15 is 0 Å². The highest BCUT2D eigenvalue weighted by Crippen LogP contribution is 2.27. The number of anilines is 1. The standard InChI is InChI=1S/C12H17BrN4O2/c1-17-12(19)10(13)9(6-15-17)16-8-4-2-7(3-5-8)11(14)18/h6-8,16H,2-5H2,1H3,(H2,14,18). The monoisotopic (exact) mass is 328 g/mol. The van der Waals surface area contributed by atoms with Crippen LogP contribution >= 0.6 is 15.9 Å². The highest BCUT2D eigenvalue weighted by molar-refractivity contribution is 9.10. The largest absolute Gasteiger partial charge is 0.380 e. The van der Waals surface area contributed by atoms with Crippen LogP contribution in [0.15, 0.2) is 15.5 Å². The van der Waals surface area contributed by atoms with Crippen LogP contribution in [0.1, 0.15) is 25.7 Å². The number of hydrogen-bond acceptors (Lipinski definition) is 4. The van der Waals surface area contributed by atoms with Crippen LogP contribution in [0.3, 0.4) is 0 Å². The minimum Gasteiger partial charge on any atom is -0.380 e. The van der Waals surface area contributed by atoms with Crippen molar-refractivity contribution in [3.05, 3.63) is 21.0 Å². The Morgan fingerprint density at radius 1 is 1.47 bits per heavy atom. The van der Waals surface area contributed by atoms with Gasteiger partial charge in [-0.3, -0.25) is 9.59 Å². The normalized spacial score (nSPS) is 23.1. The molecule has 0 saturated heterocycles. The molecule has 0 aromatic carbocycles. The van der Waals surface area contributed by atoms with Gasteiger partial charge in [0.15, 0.2) is 0 Å². The fourth-order valence-electron chi connectivity index (χ4n) is 2.35. The second kappa shape index (κ2) is 5.73. The van der Waals surface area contributed by atoms with E-state index in [-0.39, 0.29) is 23.4 Å². The third kappa shape index (κ3) is 3.15. The zero-order valence-corrected chi connectivity index (χ0v) is 12.3. The number of nitrogens with one attached hydrogen (secondary N) is 1. The van der Waals surface area contributed by atoms with Gasteiger partial charge in [-0.2, -0.15) is 5.10 Å². The van der Waals surface area contributed by atoms with Crippen LogP contribution in [-0.2, 0) is 11.8 Å². The van der Waals surface area contributed by atoms with Crippen molar-refractivity contribution in [2.75, 3.05) is 5.32 Å². The quantitative estimate of drug-likeness (QED) is 0.866. The van der Waals surface area contributed by atoms with E-state index in [0.717, 1.165) is 25.7 Å². The first-order valence-electron chi connectivity index (χ1n) is 6.26. The van der Waals surface area contributed by atoms with Crippen molar-refractivity contribution >= 4 is 27.5 Å². The smallest absolute Gasteiger partial charge is 0.282 e. The summed E-state index contributed by atoms with van der Waals surface area (Å²) in [5.41, 5.74) is 5.83. The highest BCUT2D eigenvalue weighted by atomic mass is 79.9. The first kappa shape index (κ1) is 14.0. The number of aryl methyl sites for hydroxylation is 1. The van der Waals surface area contributed by atoms with Gasteiger partial charge in [-0.25, -0.2) is 4.68 Å². The van der Waals surface area contributed by atoms with Crippen LogP contribution in [0, 0.1) is 5.92 Å². The van der Waals surface area contributed by atoms with Gasteiger partial charge < -0.3 is 11.1 Å². The Morgan fingerprint density at radius 3 is 2.68 bits per heavy atom. The summed E-state index contributed by atoms with van der Waals surface area (Å²) in [7, 11) is 1.61. The van der Waals surface area contributed by atoms with Gasteiger partial charge in [0, 0.05) is 19.0 Å². The zero-order chi connectivity index (χ0) is 14.0. The molecule has 104 valence electrons. The molecule has 1 fully saturated rings. The van der Waals surface area contributed by atoms with Crippen LogP contribution in [0.5, 0.6) is 0 Å². The molecule has 0 bridgehead atoms. The van der Waals surface area contributed by atoms with Gasteiger partial charge >= 0.3 is 0 Å². The summed E-state index contributed by atoms with van der Waals surface area (Å²) in [5.74, 6) is -0.224. The second-order valence-electron chi connectivity index (χ2n) is 4.90. The molecule has 1 heterocycles. The zero-order valence-electron chi connectivity index (χ0n) is 10.7. The van der Waals surface area contributed by atoms with E-state index in [1.807, 2.05) is 0 Å². The number of nitrogens with zero attached hydrogens (tertiary/aromatic N) is 2. The van der Waals surface area contributed by atoms with Gasteiger partial charge in [-0.15, -0.1) is 0 Å². The topological polar surface area (TPSA) is 90.0 Å². The SMILES string of the molecule is Cn1ncc(NC2CCC(C(N)=O)CC2)c(Br)c1=O. The minimum atomic E-state index is -0.213. The van der Waals surface area contributed by atoms with E-state index in [2.05, 4.69) is 26.3 Å². The Hall–Kier alpha value is -1.37. The Bertz CT molecular complexity index is 535. The van der Waals surface area contributed by atoms with E-state index in [1.54, 1.807) is 13.2 Å². The fraction of sp³-hybridized carbons (Fsp3) is 0.583. The molecule has 1 aliphatic carbocycles. The molecular formula is C12H17BrN4O2. The number of carbonyl (C=O) groups excluding carboxylic acids is 1. The van der Waals surface area contributed by atoms with Gasteiger partial charge in [0.25, 0.3) is 5.56 Å². The van der Waals surface area contributed by atoms with Crippen LogP contribution in [-0.4, -0.2) is 21.7 Å².